The van der Waals surface area contributed by atoms with Crippen molar-refractivity contribution in [3.05, 3.63) is 0 Å². The number of aliphatic hydroxyl groups excluding tert-OH is 1. The summed E-state index contributed by atoms with van der Waals surface area (Å²) in [6.45, 7) is 3.31. The van der Waals surface area contributed by atoms with Crippen LogP contribution in [0.25, 0.3) is 0 Å². The van der Waals surface area contributed by atoms with Crippen LogP contribution in [0, 0.1) is 11.8 Å². The van der Waals surface area contributed by atoms with Crippen LogP contribution in [-0.4, -0.2) is 37.5 Å². The number of methoxy groups -OCH3 is 1. The fourth-order valence-electron chi connectivity index (χ4n) is 2.15. The van der Waals surface area contributed by atoms with Crippen molar-refractivity contribution in [3.63, 3.8) is 0 Å². The van der Waals surface area contributed by atoms with E-state index in [1.807, 2.05) is 0 Å². The number of carbonyl (C=O) groups excluding carboxylic acids is 1. The topological polar surface area (TPSA) is 55.8 Å². The first-order chi connectivity index (χ1) is 7.70. The van der Waals surface area contributed by atoms with Gasteiger partial charge in [-0.1, -0.05) is 19.8 Å². The second-order valence-corrected chi connectivity index (χ2v) is 4.39. The first-order valence-corrected chi connectivity index (χ1v) is 6.04. The van der Waals surface area contributed by atoms with Crippen molar-refractivity contribution < 1.29 is 19.4 Å². The Morgan fingerprint density at radius 2 is 2.38 bits per heavy atom. The van der Waals surface area contributed by atoms with Gasteiger partial charge in [-0.25, -0.2) is 0 Å². The lowest BCUT2D eigenvalue weighted by Crippen LogP contribution is -2.35. The van der Waals surface area contributed by atoms with Crippen molar-refractivity contribution in [1.82, 2.24) is 0 Å². The van der Waals surface area contributed by atoms with E-state index >= 15 is 0 Å². The quantitative estimate of drug-likeness (QED) is 0.700. The predicted molar refractivity (Wildman–Crippen MR) is 60.0 cm³/mol. The highest BCUT2D eigenvalue weighted by atomic mass is 16.5. The molecule has 4 heteroatoms. The molecule has 0 aromatic rings. The fraction of sp³-hybridized carbons (Fsp3) is 0.917. The van der Waals surface area contributed by atoms with Gasteiger partial charge in [0.05, 0.1) is 25.7 Å². The van der Waals surface area contributed by atoms with Gasteiger partial charge in [0.15, 0.2) is 0 Å². The first kappa shape index (κ1) is 13.5. The van der Waals surface area contributed by atoms with Crippen LogP contribution in [0.3, 0.4) is 0 Å². The van der Waals surface area contributed by atoms with Crippen molar-refractivity contribution in [3.8, 4) is 0 Å². The number of rotatable bonds is 6. The minimum atomic E-state index is -0.624. The van der Waals surface area contributed by atoms with E-state index in [4.69, 9.17) is 9.47 Å². The van der Waals surface area contributed by atoms with E-state index in [1.54, 1.807) is 0 Å². The van der Waals surface area contributed by atoms with Crippen LogP contribution in [0.2, 0.25) is 0 Å². The third-order valence-corrected chi connectivity index (χ3v) is 3.23. The van der Waals surface area contributed by atoms with Crippen LogP contribution < -0.4 is 0 Å². The average molecular weight is 230 g/mol. The number of aliphatic hydroxyl groups is 1. The molecule has 0 saturated carbocycles. The smallest absolute Gasteiger partial charge is 0.311 e. The molecule has 16 heavy (non-hydrogen) atoms. The van der Waals surface area contributed by atoms with E-state index in [0.29, 0.717) is 19.6 Å². The van der Waals surface area contributed by atoms with Crippen LogP contribution in [0.4, 0.5) is 0 Å². The molecule has 94 valence electrons. The summed E-state index contributed by atoms with van der Waals surface area (Å²) in [5.74, 6) is -0.606. The van der Waals surface area contributed by atoms with Crippen LogP contribution in [0.1, 0.15) is 32.6 Å². The molecule has 0 bridgehead atoms. The zero-order valence-corrected chi connectivity index (χ0v) is 10.1. The molecular weight excluding hydrogens is 208 g/mol. The van der Waals surface area contributed by atoms with Gasteiger partial charge in [0.2, 0.25) is 0 Å². The summed E-state index contributed by atoms with van der Waals surface area (Å²) in [5, 5.41) is 10.2. The molecule has 1 aliphatic rings. The van der Waals surface area contributed by atoms with Crippen LogP contribution in [-0.2, 0) is 14.3 Å². The van der Waals surface area contributed by atoms with Gasteiger partial charge in [-0.2, -0.15) is 0 Å². The zero-order chi connectivity index (χ0) is 12.0. The highest BCUT2D eigenvalue weighted by Gasteiger charge is 2.34. The van der Waals surface area contributed by atoms with Gasteiger partial charge in [0.1, 0.15) is 0 Å². The molecule has 0 amide bonds. The molecule has 0 aromatic heterocycles. The van der Waals surface area contributed by atoms with E-state index < -0.39 is 12.0 Å². The molecule has 0 aromatic carbocycles. The summed E-state index contributed by atoms with van der Waals surface area (Å²) in [6, 6.07) is 0. The Morgan fingerprint density at radius 3 is 2.88 bits per heavy atom. The van der Waals surface area contributed by atoms with Gasteiger partial charge in [0.25, 0.3) is 0 Å². The molecule has 1 saturated heterocycles. The van der Waals surface area contributed by atoms with Crippen molar-refractivity contribution in [2.45, 2.75) is 38.7 Å². The largest absolute Gasteiger partial charge is 0.469 e. The summed E-state index contributed by atoms with van der Waals surface area (Å²) in [7, 11) is 1.37. The second kappa shape index (κ2) is 6.86. The van der Waals surface area contributed by atoms with E-state index in [-0.39, 0.29) is 11.9 Å². The molecule has 1 N–H and O–H groups in total. The van der Waals surface area contributed by atoms with Crippen molar-refractivity contribution in [2.75, 3.05) is 20.3 Å². The second-order valence-electron chi connectivity index (χ2n) is 4.39. The van der Waals surface area contributed by atoms with Gasteiger partial charge in [-0.3, -0.25) is 4.79 Å². The molecule has 1 heterocycles. The van der Waals surface area contributed by atoms with Crippen molar-refractivity contribution in [2.24, 2.45) is 11.8 Å². The lowest BCUT2D eigenvalue weighted by atomic mass is 9.87. The van der Waals surface area contributed by atoms with Gasteiger partial charge in [-0.15, -0.1) is 0 Å². The fourth-order valence-corrected chi connectivity index (χ4v) is 2.15. The predicted octanol–water partition coefficient (Wildman–Crippen LogP) is 1.36. The standard InChI is InChI=1S/C12H22O4/c1-3-4-5-10(12(14)15-2)11(13)9-6-7-16-8-9/h9-11,13H,3-8H2,1-2H3. The van der Waals surface area contributed by atoms with Gasteiger partial charge >= 0.3 is 5.97 Å². The third kappa shape index (κ3) is 3.46. The average Bonchev–Trinajstić information content (AvgIpc) is 2.82. The summed E-state index contributed by atoms with van der Waals surface area (Å²) in [6.07, 6.45) is 2.86. The van der Waals surface area contributed by atoms with Gasteiger partial charge in [0, 0.05) is 12.5 Å². The van der Waals surface area contributed by atoms with E-state index in [1.165, 1.54) is 7.11 Å². The van der Waals surface area contributed by atoms with Crippen LogP contribution >= 0.6 is 0 Å². The SMILES string of the molecule is CCCCC(C(=O)OC)C(O)C1CCOC1. The maximum atomic E-state index is 11.6. The Kier molecular flexibility index (Phi) is 5.77. The number of ether oxygens (including phenoxy) is 2. The lowest BCUT2D eigenvalue weighted by molar-refractivity contribution is -0.151. The number of esters is 1. The molecule has 0 radical (unpaired) electrons. The Morgan fingerprint density at radius 1 is 1.62 bits per heavy atom. The summed E-state index contributed by atoms with van der Waals surface area (Å²) >= 11 is 0. The minimum Gasteiger partial charge on any atom is -0.469 e. The number of unbranched alkanes of at least 4 members (excludes halogenated alkanes) is 1. The summed E-state index contributed by atoms with van der Waals surface area (Å²) in [5.41, 5.74) is 0. The van der Waals surface area contributed by atoms with E-state index in [0.717, 1.165) is 19.3 Å². The van der Waals surface area contributed by atoms with Gasteiger partial charge in [-0.05, 0) is 12.8 Å². The maximum absolute atomic E-state index is 11.6. The Labute approximate surface area is 96.9 Å². The number of hydrogen-bond donors (Lipinski definition) is 1. The van der Waals surface area contributed by atoms with Crippen LogP contribution in [0.5, 0.6) is 0 Å². The number of carbonyl (C=O) groups is 1. The summed E-state index contributed by atoms with van der Waals surface area (Å²) < 4.78 is 9.98. The van der Waals surface area contributed by atoms with Crippen molar-refractivity contribution >= 4 is 5.97 Å². The zero-order valence-electron chi connectivity index (χ0n) is 10.1. The molecule has 1 aliphatic heterocycles. The number of hydrogen-bond acceptors (Lipinski definition) is 4. The molecule has 1 rings (SSSR count). The molecule has 0 spiro atoms. The molecule has 0 aliphatic carbocycles. The highest BCUT2D eigenvalue weighted by Crippen LogP contribution is 2.26. The lowest BCUT2D eigenvalue weighted by Gasteiger charge is -2.24. The van der Waals surface area contributed by atoms with Gasteiger partial charge < -0.3 is 14.6 Å². The van der Waals surface area contributed by atoms with Crippen LogP contribution in [0.15, 0.2) is 0 Å². The Hall–Kier alpha value is -0.610. The van der Waals surface area contributed by atoms with E-state index in [2.05, 4.69) is 6.92 Å². The Bertz CT molecular complexity index is 211. The molecular formula is C12H22O4. The normalized spacial score (nSPS) is 24.1. The minimum absolute atomic E-state index is 0.0842. The molecule has 3 unspecified atom stereocenters. The maximum Gasteiger partial charge on any atom is 0.311 e. The third-order valence-electron chi connectivity index (χ3n) is 3.23. The first-order valence-electron chi connectivity index (χ1n) is 6.04. The monoisotopic (exact) mass is 230 g/mol. The summed E-state index contributed by atoms with van der Waals surface area (Å²) in [4.78, 5) is 11.6. The van der Waals surface area contributed by atoms with Crippen molar-refractivity contribution in [1.29, 1.82) is 0 Å². The highest BCUT2D eigenvalue weighted by molar-refractivity contribution is 5.72. The Balaban J connectivity index is 2.55. The molecule has 3 atom stereocenters. The molecule has 1 fully saturated rings. The molecule has 4 nitrogen and oxygen atoms in total. The van der Waals surface area contributed by atoms with E-state index in [9.17, 15) is 9.90 Å².